The van der Waals surface area contributed by atoms with Crippen LogP contribution in [-0.2, 0) is 4.79 Å². The van der Waals surface area contributed by atoms with Crippen LogP contribution in [0.15, 0.2) is 30.3 Å². The lowest BCUT2D eigenvalue weighted by Gasteiger charge is -2.18. The standard InChI is InChI=1S/C12H16O2/c1-3-9(2)11(12(13)14)10-7-5-4-6-8-10/h4-9,11H,3H2,1-2H3,(H,13,14)/t9-,11+/m1/s1. The van der Waals surface area contributed by atoms with Crippen molar-refractivity contribution in [3.63, 3.8) is 0 Å². The molecule has 2 nitrogen and oxygen atoms in total. The van der Waals surface area contributed by atoms with Gasteiger partial charge in [0.2, 0.25) is 0 Å². The lowest BCUT2D eigenvalue weighted by atomic mass is 9.86. The molecule has 0 unspecified atom stereocenters. The number of carboxylic acids is 1. The summed E-state index contributed by atoms with van der Waals surface area (Å²) in [7, 11) is 0. The summed E-state index contributed by atoms with van der Waals surface area (Å²) >= 11 is 0. The minimum atomic E-state index is -0.731. The third-order valence-electron chi connectivity index (χ3n) is 2.64. The first kappa shape index (κ1) is 10.8. The molecule has 14 heavy (non-hydrogen) atoms. The maximum Gasteiger partial charge on any atom is 0.311 e. The highest BCUT2D eigenvalue weighted by atomic mass is 16.4. The molecule has 2 atom stereocenters. The van der Waals surface area contributed by atoms with E-state index in [2.05, 4.69) is 0 Å². The van der Waals surface area contributed by atoms with Crippen molar-refractivity contribution >= 4 is 5.97 Å². The molecule has 0 radical (unpaired) electrons. The average molecular weight is 192 g/mol. The number of hydrogen-bond acceptors (Lipinski definition) is 1. The molecule has 0 aliphatic heterocycles. The molecule has 0 aromatic heterocycles. The third kappa shape index (κ3) is 2.34. The highest BCUT2D eigenvalue weighted by Gasteiger charge is 2.24. The third-order valence-corrected chi connectivity index (χ3v) is 2.64. The fourth-order valence-corrected chi connectivity index (χ4v) is 1.61. The first-order chi connectivity index (χ1) is 6.66. The lowest BCUT2D eigenvalue weighted by molar-refractivity contribution is -0.140. The van der Waals surface area contributed by atoms with Gasteiger partial charge in [-0.05, 0) is 11.5 Å². The normalized spacial score (nSPS) is 14.7. The van der Waals surface area contributed by atoms with Crippen molar-refractivity contribution in [3.8, 4) is 0 Å². The molecule has 1 aromatic rings. The van der Waals surface area contributed by atoms with Crippen molar-refractivity contribution in [2.75, 3.05) is 0 Å². The number of benzene rings is 1. The Morgan fingerprint density at radius 3 is 2.36 bits per heavy atom. The molecule has 0 bridgehead atoms. The Hall–Kier alpha value is -1.31. The van der Waals surface area contributed by atoms with Crippen molar-refractivity contribution in [1.29, 1.82) is 0 Å². The van der Waals surface area contributed by atoms with Crippen molar-refractivity contribution < 1.29 is 9.90 Å². The van der Waals surface area contributed by atoms with Crippen molar-refractivity contribution in [3.05, 3.63) is 35.9 Å². The molecule has 76 valence electrons. The van der Waals surface area contributed by atoms with Gasteiger partial charge in [-0.3, -0.25) is 4.79 Å². The molecule has 0 saturated heterocycles. The summed E-state index contributed by atoms with van der Waals surface area (Å²) in [5.41, 5.74) is 0.898. The second kappa shape index (κ2) is 4.80. The van der Waals surface area contributed by atoms with Gasteiger partial charge in [-0.25, -0.2) is 0 Å². The topological polar surface area (TPSA) is 37.3 Å². The summed E-state index contributed by atoms with van der Waals surface area (Å²) in [6.45, 7) is 4.00. The van der Waals surface area contributed by atoms with Gasteiger partial charge < -0.3 is 5.11 Å². The Labute approximate surface area is 84.6 Å². The number of aliphatic carboxylic acids is 1. The van der Waals surface area contributed by atoms with Gasteiger partial charge in [-0.15, -0.1) is 0 Å². The van der Waals surface area contributed by atoms with Crippen LogP contribution in [-0.4, -0.2) is 11.1 Å². The van der Waals surface area contributed by atoms with E-state index < -0.39 is 5.97 Å². The van der Waals surface area contributed by atoms with E-state index in [0.717, 1.165) is 12.0 Å². The maximum atomic E-state index is 11.1. The van der Waals surface area contributed by atoms with E-state index in [1.807, 2.05) is 44.2 Å². The molecule has 1 aromatic carbocycles. The van der Waals surface area contributed by atoms with E-state index in [1.165, 1.54) is 0 Å². The van der Waals surface area contributed by atoms with E-state index in [1.54, 1.807) is 0 Å². The molecule has 0 spiro atoms. The fourth-order valence-electron chi connectivity index (χ4n) is 1.61. The van der Waals surface area contributed by atoms with Crippen molar-refractivity contribution in [1.82, 2.24) is 0 Å². The van der Waals surface area contributed by atoms with Gasteiger partial charge in [-0.2, -0.15) is 0 Å². The minimum Gasteiger partial charge on any atom is -0.481 e. The quantitative estimate of drug-likeness (QED) is 0.796. The predicted octanol–water partition coefficient (Wildman–Crippen LogP) is 2.90. The minimum absolute atomic E-state index is 0.176. The van der Waals surface area contributed by atoms with E-state index in [0.29, 0.717) is 0 Å². The van der Waals surface area contributed by atoms with Crippen LogP contribution in [0.2, 0.25) is 0 Å². The Kier molecular flexibility index (Phi) is 3.69. The summed E-state index contributed by atoms with van der Waals surface area (Å²) in [4.78, 5) is 11.1. The van der Waals surface area contributed by atoms with Crippen LogP contribution in [0.5, 0.6) is 0 Å². The van der Waals surface area contributed by atoms with Crippen LogP contribution < -0.4 is 0 Å². The summed E-state index contributed by atoms with van der Waals surface area (Å²) < 4.78 is 0. The zero-order chi connectivity index (χ0) is 10.6. The van der Waals surface area contributed by atoms with Crippen molar-refractivity contribution in [2.45, 2.75) is 26.2 Å². The SMILES string of the molecule is CC[C@@H](C)[C@H](C(=O)O)c1ccccc1. The molecule has 0 amide bonds. The largest absolute Gasteiger partial charge is 0.481 e. The molecular formula is C12H16O2. The highest BCUT2D eigenvalue weighted by Crippen LogP contribution is 2.26. The van der Waals surface area contributed by atoms with Crippen LogP contribution >= 0.6 is 0 Å². The van der Waals surface area contributed by atoms with Gasteiger partial charge in [0.25, 0.3) is 0 Å². The molecule has 0 heterocycles. The lowest BCUT2D eigenvalue weighted by Crippen LogP contribution is -2.18. The number of hydrogen-bond donors (Lipinski definition) is 1. The Bertz CT molecular complexity index is 292. The first-order valence-corrected chi connectivity index (χ1v) is 4.94. The molecular weight excluding hydrogens is 176 g/mol. The Morgan fingerprint density at radius 2 is 1.93 bits per heavy atom. The molecule has 0 fully saturated rings. The number of rotatable bonds is 4. The second-order valence-corrected chi connectivity index (χ2v) is 3.61. The monoisotopic (exact) mass is 192 g/mol. The molecule has 0 aliphatic rings. The van der Waals surface area contributed by atoms with Gasteiger partial charge in [0.05, 0.1) is 5.92 Å². The van der Waals surface area contributed by atoms with E-state index >= 15 is 0 Å². The van der Waals surface area contributed by atoms with Gasteiger partial charge >= 0.3 is 5.97 Å². The maximum absolute atomic E-state index is 11.1. The summed E-state index contributed by atoms with van der Waals surface area (Å²) in [5, 5.41) is 9.13. The molecule has 2 heteroatoms. The zero-order valence-electron chi connectivity index (χ0n) is 8.60. The number of carboxylic acid groups (broad SMARTS) is 1. The van der Waals surface area contributed by atoms with E-state index in [9.17, 15) is 4.79 Å². The molecule has 1 N–H and O–H groups in total. The summed E-state index contributed by atoms with van der Waals surface area (Å²) in [6, 6.07) is 9.43. The zero-order valence-corrected chi connectivity index (χ0v) is 8.60. The van der Waals surface area contributed by atoms with Gasteiger partial charge in [0.15, 0.2) is 0 Å². The van der Waals surface area contributed by atoms with E-state index in [4.69, 9.17) is 5.11 Å². The first-order valence-electron chi connectivity index (χ1n) is 4.94. The van der Waals surface area contributed by atoms with Crippen LogP contribution in [0.3, 0.4) is 0 Å². The molecule has 0 saturated carbocycles. The second-order valence-electron chi connectivity index (χ2n) is 3.61. The smallest absolute Gasteiger partial charge is 0.311 e. The predicted molar refractivity (Wildman–Crippen MR) is 56.3 cm³/mol. The van der Waals surface area contributed by atoms with Crippen molar-refractivity contribution in [2.24, 2.45) is 5.92 Å². The molecule has 0 aliphatic carbocycles. The average Bonchev–Trinajstić information content (AvgIpc) is 2.19. The van der Waals surface area contributed by atoms with Gasteiger partial charge in [-0.1, -0.05) is 50.6 Å². The summed E-state index contributed by atoms with van der Waals surface area (Å²) in [5.74, 6) is -0.929. The number of carbonyl (C=O) groups is 1. The Morgan fingerprint density at radius 1 is 1.36 bits per heavy atom. The fraction of sp³-hybridized carbons (Fsp3) is 0.417. The van der Waals surface area contributed by atoms with E-state index in [-0.39, 0.29) is 11.8 Å². The van der Waals surface area contributed by atoms with Crippen LogP contribution in [0.1, 0.15) is 31.7 Å². The highest BCUT2D eigenvalue weighted by molar-refractivity contribution is 5.76. The Balaban J connectivity index is 2.95. The molecule has 1 rings (SSSR count). The van der Waals surface area contributed by atoms with Gasteiger partial charge in [0.1, 0.15) is 0 Å². The van der Waals surface area contributed by atoms with Crippen LogP contribution in [0.25, 0.3) is 0 Å². The van der Waals surface area contributed by atoms with Crippen LogP contribution in [0.4, 0.5) is 0 Å². The van der Waals surface area contributed by atoms with Crippen LogP contribution in [0, 0.1) is 5.92 Å². The summed E-state index contributed by atoms with van der Waals surface area (Å²) in [6.07, 6.45) is 0.881. The van der Waals surface area contributed by atoms with Gasteiger partial charge in [0, 0.05) is 0 Å².